The van der Waals surface area contributed by atoms with Gasteiger partial charge < -0.3 is 10.6 Å². The summed E-state index contributed by atoms with van der Waals surface area (Å²) in [7, 11) is 0. The number of anilines is 1. The Balaban J connectivity index is 1.35. The molecule has 3 aromatic rings. The Labute approximate surface area is 185 Å². The summed E-state index contributed by atoms with van der Waals surface area (Å²) < 4.78 is 0. The predicted octanol–water partition coefficient (Wildman–Crippen LogP) is 2.92. The van der Waals surface area contributed by atoms with Crippen LogP contribution in [-0.2, 0) is 29.0 Å². The number of nitrogens with zero attached hydrogens (tertiary/aromatic N) is 3. The normalized spacial score (nSPS) is 18.0. The molecule has 0 radical (unpaired) electrons. The number of aryl methyl sites for hydroxylation is 1. The maximum atomic E-state index is 13.2. The fraction of sp³-hybridized carbons (Fsp3) is 0.292. The molecule has 31 heavy (non-hydrogen) atoms. The summed E-state index contributed by atoms with van der Waals surface area (Å²) in [6, 6.07) is 13.8. The van der Waals surface area contributed by atoms with Crippen LogP contribution in [0.15, 0.2) is 47.8 Å². The zero-order valence-corrected chi connectivity index (χ0v) is 18.2. The van der Waals surface area contributed by atoms with Crippen LogP contribution in [0.4, 0.5) is 5.69 Å². The number of thiazole rings is 1. The Morgan fingerprint density at radius 3 is 2.71 bits per heavy atom. The van der Waals surface area contributed by atoms with Gasteiger partial charge in [0.05, 0.1) is 23.3 Å². The van der Waals surface area contributed by atoms with Gasteiger partial charge >= 0.3 is 0 Å². The lowest BCUT2D eigenvalue weighted by Gasteiger charge is -2.35. The number of primary amides is 1. The molecule has 0 spiro atoms. The molecular weight excluding hydrogens is 408 g/mol. The second-order valence-corrected chi connectivity index (χ2v) is 9.25. The van der Waals surface area contributed by atoms with Crippen molar-refractivity contribution in [1.82, 2.24) is 9.88 Å². The molecule has 0 unspecified atom stereocenters. The molecule has 7 heteroatoms. The summed E-state index contributed by atoms with van der Waals surface area (Å²) in [6.45, 7) is 3.38. The van der Waals surface area contributed by atoms with E-state index in [9.17, 15) is 9.59 Å². The number of benzene rings is 2. The van der Waals surface area contributed by atoms with Crippen LogP contribution in [-0.4, -0.2) is 40.8 Å². The smallest absolute Gasteiger partial charge is 0.241 e. The molecule has 158 valence electrons. The second kappa shape index (κ2) is 7.90. The molecule has 5 rings (SSSR count). The van der Waals surface area contributed by atoms with Crippen molar-refractivity contribution in [1.29, 1.82) is 0 Å². The van der Waals surface area contributed by atoms with Gasteiger partial charge in [-0.05, 0) is 48.6 Å². The first-order valence-corrected chi connectivity index (χ1v) is 11.3. The number of carbonyl (C=O) groups excluding carboxylic acids is 2. The molecule has 1 aromatic heterocycles. The molecular formula is C24H24N4O2S. The first kappa shape index (κ1) is 19.9. The summed E-state index contributed by atoms with van der Waals surface area (Å²) in [5.41, 5.74) is 12.1. The number of nitrogens with two attached hydrogens (primary N) is 1. The van der Waals surface area contributed by atoms with E-state index >= 15 is 0 Å². The highest BCUT2D eigenvalue weighted by molar-refractivity contribution is 7.09. The minimum Gasteiger partial charge on any atom is -0.368 e. The van der Waals surface area contributed by atoms with Gasteiger partial charge in [-0.1, -0.05) is 30.3 Å². The van der Waals surface area contributed by atoms with Gasteiger partial charge in [0, 0.05) is 29.7 Å². The number of hydrogen-bond donors (Lipinski definition) is 1. The van der Waals surface area contributed by atoms with E-state index in [0.717, 1.165) is 45.1 Å². The van der Waals surface area contributed by atoms with Gasteiger partial charge in [-0.15, -0.1) is 11.3 Å². The van der Waals surface area contributed by atoms with E-state index in [4.69, 9.17) is 5.73 Å². The Kier molecular flexibility index (Phi) is 5.08. The second-order valence-electron chi connectivity index (χ2n) is 8.19. The van der Waals surface area contributed by atoms with Crippen molar-refractivity contribution < 1.29 is 9.59 Å². The lowest BCUT2D eigenvalue weighted by Crippen LogP contribution is -2.52. The van der Waals surface area contributed by atoms with Crippen LogP contribution < -0.4 is 10.6 Å². The summed E-state index contributed by atoms with van der Waals surface area (Å²) in [4.78, 5) is 33.7. The molecule has 2 aliphatic rings. The van der Waals surface area contributed by atoms with Crippen molar-refractivity contribution in [2.75, 3.05) is 18.0 Å². The van der Waals surface area contributed by atoms with Crippen LogP contribution in [0.3, 0.4) is 0 Å². The average Bonchev–Trinajstić information content (AvgIpc) is 3.38. The van der Waals surface area contributed by atoms with Gasteiger partial charge in [0.1, 0.15) is 0 Å². The number of fused-ring (bicyclic) bond motifs is 2. The summed E-state index contributed by atoms with van der Waals surface area (Å²) in [5, 5.41) is 3.10. The third-order valence-corrected chi connectivity index (χ3v) is 6.98. The van der Waals surface area contributed by atoms with Crippen LogP contribution in [0.5, 0.6) is 0 Å². The van der Waals surface area contributed by atoms with E-state index in [-0.39, 0.29) is 18.4 Å². The lowest BCUT2D eigenvalue weighted by atomic mass is 9.93. The van der Waals surface area contributed by atoms with Gasteiger partial charge in [-0.25, -0.2) is 4.98 Å². The fourth-order valence-corrected chi connectivity index (χ4v) is 5.22. The standard InChI is InChI=1S/C24H24N4O2S/c1-15-26-20(14-31-15)17-6-7-21-18(10-17)8-9-28(21)23(29)13-27-12-19-5-3-2-4-16(19)11-22(27)24(25)30/h2-7,10,14,22H,8-9,11-13H2,1H3,(H2,25,30)/t22-/m0/s1. The number of hydrogen-bond acceptors (Lipinski definition) is 5. The zero-order valence-electron chi connectivity index (χ0n) is 17.4. The molecule has 6 nitrogen and oxygen atoms in total. The molecule has 0 aliphatic carbocycles. The highest BCUT2D eigenvalue weighted by Gasteiger charge is 2.33. The molecule has 2 N–H and O–H groups in total. The van der Waals surface area contributed by atoms with E-state index in [1.54, 1.807) is 11.3 Å². The van der Waals surface area contributed by atoms with Crippen molar-refractivity contribution in [3.8, 4) is 11.3 Å². The fourth-order valence-electron chi connectivity index (χ4n) is 4.60. The third-order valence-electron chi connectivity index (χ3n) is 6.20. The van der Waals surface area contributed by atoms with Gasteiger partial charge in [0.2, 0.25) is 11.8 Å². The highest BCUT2D eigenvalue weighted by Crippen LogP contribution is 2.33. The van der Waals surface area contributed by atoms with E-state index in [1.807, 2.05) is 47.1 Å². The van der Waals surface area contributed by atoms with E-state index in [1.165, 1.54) is 0 Å². The molecule has 2 amide bonds. The van der Waals surface area contributed by atoms with E-state index in [2.05, 4.69) is 22.5 Å². The molecule has 0 bridgehead atoms. The highest BCUT2D eigenvalue weighted by atomic mass is 32.1. The molecule has 1 atom stereocenters. The molecule has 0 saturated carbocycles. The minimum atomic E-state index is -0.462. The quantitative estimate of drug-likeness (QED) is 0.688. The van der Waals surface area contributed by atoms with Crippen LogP contribution >= 0.6 is 11.3 Å². The predicted molar refractivity (Wildman–Crippen MR) is 122 cm³/mol. The van der Waals surface area contributed by atoms with E-state index < -0.39 is 6.04 Å². The average molecular weight is 433 g/mol. The topological polar surface area (TPSA) is 79.5 Å². The Hall–Kier alpha value is -3.03. The van der Waals surface area contributed by atoms with Gasteiger partial charge in [-0.2, -0.15) is 0 Å². The molecule has 2 aliphatic heterocycles. The van der Waals surface area contributed by atoms with Crippen molar-refractivity contribution >= 4 is 28.8 Å². The van der Waals surface area contributed by atoms with Crippen LogP contribution in [0.2, 0.25) is 0 Å². The summed E-state index contributed by atoms with van der Waals surface area (Å²) in [6.07, 6.45) is 1.37. The van der Waals surface area contributed by atoms with Crippen molar-refractivity contribution in [3.63, 3.8) is 0 Å². The van der Waals surface area contributed by atoms with Crippen LogP contribution in [0, 0.1) is 6.92 Å². The molecule has 2 aromatic carbocycles. The Morgan fingerprint density at radius 2 is 1.97 bits per heavy atom. The van der Waals surface area contributed by atoms with E-state index in [0.29, 0.717) is 19.5 Å². The van der Waals surface area contributed by atoms with Crippen molar-refractivity contribution in [2.45, 2.75) is 32.4 Å². The summed E-state index contributed by atoms with van der Waals surface area (Å²) >= 11 is 1.64. The van der Waals surface area contributed by atoms with Crippen LogP contribution in [0.25, 0.3) is 11.3 Å². The zero-order chi connectivity index (χ0) is 21.5. The number of aromatic nitrogens is 1. The Morgan fingerprint density at radius 1 is 1.16 bits per heavy atom. The molecule has 0 fully saturated rings. The number of rotatable bonds is 4. The lowest BCUT2D eigenvalue weighted by molar-refractivity contribution is -0.126. The molecule has 3 heterocycles. The van der Waals surface area contributed by atoms with Crippen molar-refractivity contribution in [3.05, 3.63) is 69.5 Å². The SMILES string of the molecule is Cc1nc(-c2ccc3c(c2)CCN3C(=O)CN2Cc3ccccc3C[C@H]2C(N)=O)cs1. The first-order chi connectivity index (χ1) is 15.0. The maximum Gasteiger partial charge on any atom is 0.241 e. The Bertz CT molecular complexity index is 1170. The first-order valence-electron chi connectivity index (χ1n) is 10.5. The monoisotopic (exact) mass is 432 g/mol. The van der Waals surface area contributed by atoms with Gasteiger partial charge in [0.25, 0.3) is 0 Å². The maximum absolute atomic E-state index is 13.2. The van der Waals surface area contributed by atoms with Crippen molar-refractivity contribution in [2.24, 2.45) is 5.73 Å². The van der Waals surface area contributed by atoms with Crippen LogP contribution in [0.1, 0.15) is 21.7 Å². The number of carbonyl (C=O) groups is 2. The summed E-state index contributed by atoms with van der Waals surface area (Å²) in [5.74, 6) is -0.381. The molecule has 0 saturated heterocycles. The van der Waals surface area contributed by atoms with Gasteiger partial charge in [0.15, 0.2) is 0 Å². The number of amides is 2. The van der Waals surface area contributed by atoms with Gasteiger partial charge in [-0.3, -0.25) is 14.5 Å². The third kappa shape index (κ3) is 3.75. The largest absolute Gasteiger partial charge is 0.368 e. The minimum absolute atomic E-state index is 0.00151.